The van der Waals surface area contributed by atoms with Gasteiger partial charge in [-0.25, -0.2) is 0 Å². The maximum atomic E-state index is 11.7. The number of halogens is 2. The Labute approximate surface area is 120 Å². The third-order valence-corrected chi connectivity index (χ3v) is 2.91. The molecule has 0 saturated carbocycles. The summed E-state index contributed by atoms with van der Waals surface area (Å²) in [5.74, 6) is 0.275. The number of amides is 1. The average Bonchev–Trinajstić information content (AvgIpc) is 2.41. The molecule has 6 heteroatoms. The number of nitrogens with one attached hydrogen (secondary N) is 1. The van der Waals surface area contributed by atoms with E-state index in [9.17, 15) is 4.79 Å². The lowest BCUT2D eigenvalue weighted by Crippen LogP contribution is -2.13. The van der Waals surface area contributed by atoms with Crippen molar-refractivity contribution < 1.29 is 4.79 Å². The van der Waals surface area contributed by atoms with Crippen molar-refractivity contribution in [3.05, 3.63) is 52.1 Å². The number of carbonyl (C=O) groups excluding carboxylic acids is 1. The Balaban J connectivity index is 1.84. The van der Waals surface area contributed by atoms with E-state index in [1.165, 1.54) is 0 Å². The van der Waals surface area contributed by atoms with E-state index in [2.05, 4.69) is 15.5 Å². The molecule has 0 unspecified atom stereocenters. The van der Waals surface area contributed by atoms with Crippen LogP contribution in [-0.2, 0) is 11.2 Å². The van der Waals surface area contributed by atoms with Gasteiger partial charge in [0, 0.05) is 11.4 Å². The fourth-order valence-electron chi connectivity index (χ4n) is 1.50. The van der Waals surface area contributed by atoms with Crippen LogP contribution in [0.5, 0.6) is 0 Å². The lowest BCUT2D eigenvalue weighted by molar-refractivity contribution is -0.116. The van der Waals surface area contributed by atoms with E-state index in [-0.39, 0.29) is 5.91 Å². The van der Waals surface area contributed by atoms with Crippen molar-refractivity contribution in [1.29, 1.82) is 0 Å². The van der Waals surface area contributed by atoms with Crippen LogP contribution in [0.15, 0.2) is 36.4 Å². The summed E-state index contributed by atoms with van der Waals surface area (Å²) in [5, 5.41) is 11.0. The van der Waals surface area contributed by atoms with Crippen molar-refractivity contribution in [2.24, 2.45) is 0 Å². The third kappa shape index (κ3) is 4.50. The van der Waals surface area contributed by atoms with Crippen molar-refractivity contribution in [2.45, 2.75) is 12.8 Å². The molecule has 0 radical (unpaired) electrons. The second-order valence-corrected chi connectivity index (χ2v) is 4.74. The summed E-state index contributed by atoms with van der Waals surface area (Å²) in [4.78, 5) is 11.7. The van der Waals surface area contributed by atoms with Gasteiger partial charge >= 0.3 is 0 Å². The third-order valence-electron chi connectivity index (χ3n) is 2.45. The summed E-state index contributed by atoms with van der Waals surface area (Å²) >= 11 is 11.4. The van der Waals surface area contributed by atoms with Crippen LogP contribution in [0.1, 0.15) is 12.0 Å². The van der Waals surface area contributed by atoms with Gasteiger partial charge in [0.2, 0.25) is 5.91 Å². The standard InChI is InChI=1S/C13H11Cl2N3O/c14-10-4-1-9(2-5-10)3-8-13(19)16-12-7-6-11(15)17-18-12/h1-2,4-7H,3,8H2,(H,16,18,19). The van der Waals surface area contributed by atoms with Gasteiger partial charge in [0.15, 0.2) is 11.0 Å². The first-order chi connectivity index (χ1) is 9.13. The van der Waals surface area contributed by atoms with E-state index in [1.807, 2.05) is 12.1 Å². The lowest BCUT2D eigenvalue weighted by Gasteiger charge is -2.04. The highest BCUT2D eigenvalue weighted by Crippen LogP contribution is 2.11. The maximum absolute atomic E-state index is 11.7. The van der Waals surface area contributed by atoms with Crippen molar-refractivity contribution in [2.75, 3.05) is 5.32 Å². The molecule has 4 nitrogen and oxygen atoms in total. The van der Waals surface area contributed by atoms with Crippen LogP contribution in [0.3, 0.4) is 0 Å². The summed E-state index contributed by atoms with van der Waals surface area (Å²) in [7, 11) is 0. The maximum Gasteiger partial charge on any atom is 0.225 e. The molecule has 1 N–H and O–H groups in total. The van der Waals surface area contributed by atoms with E-state index in [0.29, 0.717) is 28.8 Å². The SMILES string of the molecule is O=C(CCc1ccc(Cl)cc1)Nc1ccc(Cl)nn1. The first-order valence-corrected chi connectivity index (χ1v) is 6.42. The number of carbonyl (C=O) groups is 1. The Kier molecular flexibility index (Phi) is 4.71. The molecule has 2 aromatic rings. The quantitative estimate of drug-likeness (QED) is 0.941. The predicted molar refractivity (Wildman–Crippen MR) is 75.4 cm³/mol. The molecule has 98 valence electrons. The first-order valence-electron chi connectivity index (χ1n) is 5.67. The zero-order valence-electron chi connectivity index (χ0n) is 9.94. The van der Waals surface area contributed by atoms with Gasteiger partial charge in [0.1, 0.15) is 0 Å². The predicted octanol–water partition coefficient (Wildman–Crippen LogP) is 3.35. The number of aromatic nitrogens is 2. The molecule has 1 amide bonds. The number of hydrogen-bond acceptors (Lipinski definition) is 3. The topological polar surface area (TPSA) is 54.9 Å². The molecule has 0 fully saturated rings. The first kappa shape index (κ1) is 13.8. The minimum atomic E-state index is -0.119. The molecule has 0 atom stereocenters. The summed E-state index contributed by atoms with van der Waals surface area (Å²) < 4.78 is 0. The fourth-order valence-corrected chi connectivity index (χ4v) is 1.72. The summed E-state index contributed by atoms with van der Waals surface area (Å²) in [5.41, 5.74) is 1.06. The molecule has 0 aliphatic rings. The van der Waals surface area contributed by atoms with Crippen LogP contribution in [0.2, 0.25) is 10.2 Å². The summed E-state index contributed by atoms with van der Waals surface area (Å²) in [6.07, 6.45) is 1.01. The highest BCUT2D eigenvalue weighted by atomic mass is 35.5. The van der Waals surface area contributed by atoms with E-state index < -0.39 is 0 Å². The number of aryl methyl sites for hydroxylation is 1. The Morgan fingerprint density at radius 3 is 2.42 bits per heavy atom. The Morgan fingerprint density at radius 1 is 1.05 bits per heavy atom. The second-order valence-electron chi connectivity index (χ2n) is 3.92. The number of rotatable bonds is 4. The molecular weight excluding hydrogens is 285 g/mol. The Morgan fingerprint density at radius 2 is 1.79 bits per heavy atom. The second kappa shape index (κ2) is 6.50. The van der Waals surface area contributed by atoms with Crippen molar-refractivity contribution in [1.82, 2.24) is 10.2 Å². The van der Waals surface area contributed by atoms with Gasteiger partial charge in [-0.3, -0.25) is 4.79 Å². The molecule has 0 saturated heterocycles. The molecule has 0 bridgehead atoms. The van der Waals surface area contributed by atoms with Crippen molar-refractivity contribution in [3.8, 4) is 0 Å². The normalized spacial score (nSPS) is 10.2. The van der Waals surface area contributed by atoms with Gasteiger partial charge in [-0.05, 0) is 36.2 Å². The van der Waals surface area contributed by atoms with Gasteiger partial charge < -0.3 is 5.32 Å². The van der Waals surface area contributed by atoms with Gasteiger partial charge in [-0.15, -0.1) is 10.2 Å². The van der Waals surface area contributed by atoms with E-state index in [0.717, 1.165) is 5.56 Å². The molecule has 0 aliphatic heterocycles. The number of anilines is 1. The van der Waals surface area contributed by atoms with Gasteiger partial charge in [-0.1, -0.05) is 35.3 Å². The van der Waals surface area contributed by atoms with Crippen LogP contribution >= 0.6 is 23.2 Å². The molecule has 1 aromatic heterocycles. The summed E-state index contributed by atoms with van der Waals surface area (Å²) in [6.45, 7) is 0. The van der Waals surface area contributed by atoms with Crippen molar-refractivity contribution >= 4 is 34.9 Å². The lowest BCUT2D eigenvalue weighted by atomic mass is 10.1. The number of nitrogens with zero attached hydrogens (tertiary/aromatic N) is 2. The Hall–Kier alpha value is -1.65. The largest absolute Gasteiger partial charge is 0.309 e. The van der Waals surface area contributed by atoms with Gasteiger partial charge in [-0.2, -0.15) is 0 Å². The van der Waals surface area contributed by atoms with Gasteiger partial charge in [0.25, 0.3) is 0 Å². The van der Waals surface area contributed by atoms with E-state index in [1.54, 1.807) is 24.3 Å². The molecule has 0 spiro atoms. The van der Waals surface area contributed by atoms with Crippen LogP contribution in [0, 0.1) is 0 Å². The highest BCUT2D eigenvalue weighted by molar-refractivity contribution is 6.30. The minimum absolute atomic E-state index is 0.119. The molecule has 1 aromatic carbocycles. The van der Waals surface area contributed by atoms with Crippen molar-refractivity contribution in [3.63, 3.8) is 0 Å². The van der Waals surface area contributed by atoms with E-state index in [4.69, 9.17) is 23.2 Å². The Bertz CT molecular complexity index is 555. The molecule has 2 rings (SSSR count). The van der Waals surface area contributed by atoms with Crippen LogP contribution in [-0.4, -0.2) is 16.1 Å². The van der Waals surface area contributed by atoms with Crippen LogP contribution in [0.4, 0.5) is 5.82 Å². The fraction of sp³-hybridized carbons (Fsp3) is 0.154. The number of hydrogen-bond donors (Lipinski definition) is 1. The summed E-state index contributed by atoms with van der Waals surface area (Å²) in [6, 6.07) is 10.6. The molecule has 0 aliphatic carbocycles. The minimum Gasteiger partial charge on any atom is -0.309 e. The average molecular weight is 296 g/mol. The number of benzene rings is 1. The van der Waals surface area contributed by atoms with Crippen LogP contribution in [0.25, 0.3) is 0 Å². The zero-order chi connectivity index (χ0) is 13.7. The highest BCUT2D eigenvalue weighted by Gasteiger charge is 2.04. The van der Waals surface area contributed by atoms with E-state index >= 15 is 0 Å². The molecule has 19 heavy (non-hydrogen) atoms. The van der Waals surface area contributed by atoms with Gasteiger partial charge in [0.05, 0.1) is 0 Å². The molecular formula is C13H11Cl2N3O. The molecule has 1 heterocycles. The van der Waals surface area contributed by atoms with Crippen LogP contribution < -0.4 is 5.32 Å². The monoisotopic (exact) mass is 295 g/mol. The zero-order valence-corrected chi connectivity index (χ0v) is 11.4. The smallest absolute Gasteiger partial charge is 0.225 e.